The lowest BCUT2D eigenvalue weighted by Crippen LogP contribution is -2.44. The van der Waals surface area contributed by atoms with E-state index in [0.29, 0.717) is 18.1 Å². The zero-order chi connectivity index (χ0) is 20.2. The van der Waals surface area contributed by atoms with E-state index in [1.807, 2.05) is 59.8 Å². The maximum atomic E-state index is 13.0. The Balaban J connectivity index is 1.39. The van der Waals surface area contributed by atoms with Gasteiger partial charge in [0.25, 0.3) is 5.91 Å². The Morgan fingerprint density at radius 3 is 2.62 bits per heavy atom. The molecule has 0 saturated carbocycles. The number of imidazole rings is 1. The van der Waals surface area contributed by atoms with E-state index in [2.05, 4.69) is 15.0 Å². The topological polar surface area (TPSA) is 73.1 Å². The maximum absolute atomic E-state index is 13.0. The number of piperidine rings is 1. The van der Waals surface area contributed by atoms with Crippen LogP contribution in [0.5, 0.6) is 6.01 Å². The molecule has 1 unspecified atom stereocenters. The number of aromatic nitrogens is 4. The standard InChI is InChI=1S/C22H25N5O2/c1-16-12-17(2)25-22(24-16)29-20-4-3-10-27(14-20)21(28)19-7-5-18(6-8-19)13-26-11-9-23-15-26/h5-9,11-12,15,20H,3-4,10,13-14H2,1-2H3. The molecule has 1 aromatic carbocycles. The molecule has 1 amide bonds. The molecule has 3 aromatic rings. The van der Waals surface area contributed by atoms with Gasteiger partial charge in [0.15, 0.2) is 0 Å². The van der Waals surface area contributed by atoms with Gasteiger partial charge in [-0.3, -0.25) is 4.79 Å². The van der Waals surface area contributed by atoms with Crippen molar-refractivity contribution in [2.24, 2.45) is 0 Å². The van der Waals surface area contributed by atoms with Crippen LogP contribution in [0.4, 0.5) is 0 Å². The largest absolute Gasteiger partial charge is 0.458 e. The predicted octanol–water partition coefficient (Wildman–Crippen LogP) is 3.02. The van der Waals surface area contributed by atoms with Crippen LogP contribution in [0.2, 0.25) is 0 Å². The van der Waals surface area contributed by atoms with Crippen molar-refractivity contribution in [2.75, 3.05) is 13.1 Å². The number of hydrogen-bond acceptors (Lipinski definition) is 5. The summed E-state index contributed by atoms with van der Waals surface area (Å²) in [6, 6.07) is 10.1. The molecule has 3 heterocycles. The first kappa shape index (κ1) is 19.1. The molecule has 1 saturated heterocycles. The molecule has 1 aliphatic rings. The van der Waals surface area contributed by atoms with Gasteiger partial charge in [0.1, 0.15) is 6.10 Å². The van der Waals surface area contributed by atoms with Crippen LogP contribution in [-0.4, -0.2) is 49.5 Å². The van der Waals surface area contributed by atoms with E-state index in [4.69, 9.17) is 4.74 Å². The molecule has 1 aliphatic heterocycles. The smallest absolute Gasteiger partial charge is 0.317 e. The Morgan fingerprint density at radius 2 is 1.93 bits per heavy atom. The molecule has 2 aromatic heterocycles. The molecule has 0 radical (unpaired) electrons. The van der Waals surface area contributed by atoms with Gasteiger partial charge in [-0.25, -0.2) is 15.0 Å². The Kier molecular flexibility index (Phi) is 5.55. The number of carbonyl (C=O) groups excluding carboxylic acids is 1. The summed E-state index contributed by atoms with van der Waals surface area (Å²) in [5.41, 5.74) is 3.59. The van der Waals surface area contributed by atoms with E-state index < -0.39 is 0 Å². The van der Waals surface area contributed by atoms with Crippen LogP contribution in [0, 0.1) is 13.8 Å². The highest BCUT2D eigenvalue weighted by molar-refractivity contribution is 5.94. The van der Waals surface area contributed by atoms with E-state index in [1.165, 1.54) is 0 Å². The minimum Gasteiger partial charge on any atom is -0.458 e. The molecule has 0 spiro atoms. The third-order valence-electron chi connectivity index (χ3n) is 5.02. The molecule has 7 nitrogen and oxygen atoms in total. The first-order valence-electron chi connectivity index (χ1n) is 9.90. The molecule has 0 N–H and O–H groups in total. The van der Waals surface area contributed by atoms with Crippen molar-refractivity contribution < 1.29 is 9.53 Å². The second-order valence-corrected chi connectivity index (χ2v) is 7.50. The van der Waals surface area contributed by atoms with Crippen molar-refractivity contribution in [1.82, 2.24) is 24.4 Å². The molecule has 0 aliphatic carbocycles. The maximum Gasteiger partial charge on any atom is 0.317 e. The van der Waals surface area contributed by atoms with Gasteiger partial charge < -0.3 is 14.2 Å². The van der Waals surface area contributed by atoms with Gasteiger partial charge in [-0.05, 0) is 50.5 Å². The minimum absolute atomic E-state index is 0.0359. The van der Waals surface area contributed by atoms with Crippen LogP contribution in [0.1, 0.15) is 40.2 Å². The highest BCUT2D eigenvalue weighted by Gasteiger charge is 2.26. The first-order chi connectivity index (χ1) is 14.1. The van der Waals surface area contributed by atoms with E-state index in [-0.39, 0.29) is 12.0 Å². The van der Waals surface area contributed by atoms with Gasteiger partial charge in [0.05, 0.1) is 12.9 Å². The third-order valence-corrected chi connectivity index (χ3v) is 5.02. The second-order valence-electron chi connectivity index (χ2n) is 7.50. The molecular weight excluding hydrogens is 366 g/mol. The molecule has 1 atom stereocenters. The Bertz CT molecular complexity index is 949. The van der Waals surface area contributed by atoms with Crippen molar-refractivity contribution in [3.63, 3.8) is 0 Å². The monoisotopic (exact) mass is 391 g/mol. The molecule has 150 valence electrons. The van der Waals surface area contributed by atoms with Gasteiger partial charge in [0, 0.05) is 42.4 Å². The van der Waals surface area contributed by atoms with Crippen molar-refractivity contribution in [2.45, 2.75) is 39.3 Å². The Hall–Kier alpha value is -3.22. The number of hydrogen-bond donors (Lipinski definition) is 0. The summed E-state index contributed by atoms with van der Waals surface area (Å²) in [4.78, 5) is 27.6. The van der Waals surface area contributed by atoms with Crippen LogP contribution in [0.3, 0.4) is 0 Å². The SMILES string of the molecule is Cc1cc(C)nc(OC2CCCN(C(=O)c3ccc(Cn4ccnc4)cc3)C2)n1. The van der Waals surface area contributed by atoms with Gasteiger partial charge in [-0.1, -0.05) is 12.1 Å². The number of ether oxygens (including phenoxy) is 1. The highest BCUT2D eigenvalue weighted by Crippen LogP contribution is 2.19. The van der Waals surface area contributed by atoms with E-state index in [1.54, 1.807) is 12.5 Å². The number of aryl methyl sites for hydroxylation is 2. The fourth-order valence-electron chi connectivity index (χ4n) is 3.64. The van der Waals surface area contributed by atoms with Crippen LogP contribution >= 0.6 is 0 Å². The summed E-state index contributed by atoms with van der Waals surface area (Å²) in [6.45, 7) is 5.88. The lowest BCUT2D eigenvalue weighted by Gasteiger charge is -2.32. The van der Waals surface area contributed by atoms with Crippen molar-refractivity contribution in [3.8, 4) is 6.01 Å². The molecule has 1 fully saturated rings. The van der Waals surface area contributed by atoms with E-state index >= 15 is 0 Å². The quantitative estimate of drug-likeness (QED) is 0.668. The summed E-state index contributed by atoms with van der Waals surface area (Å²) in [5.74, 6) is 0.0359. The normalized spacial score (nSPS) is 16.6. The average molecular weight is 391 g/mol. The fraction of sp³-hybridized carbons (Fsp3) is 0.364. The lowest BCUT2D eigenvalue weighted by molar-refractivity contribution is 0.0515. The summed E-state index contributed by atoms with van der Waals surface area (Å²) in [5, 5.41) is 0. The number of likely N-dealkylation sites (tertiary alicyclic amines) is 1. The number of benzene rings is 1. The number of rotatable bonds is 5. The summed E-state index contributed by atoms with van der Waals surface area (Å²) >= 11 is 0. The number of amides is 1. The minimum atomic E-state index is -0.0885. The first-order valence-corrected chi connectivity index (χ1v) is 9.90. The fourth-order valence-corrected chi connectivity index (χ4v) is 3.64. The summed E-state index contributed by atoms with van der Waals surface area (Å²) in [6.07, 6.45) is 7.17. The van der Waals surface area contributed by atoms with Crippen molar-refractivity contribution >= 4 is 5.91 Å². The highest BCUT2D eigenvalue weighted by atomic mass is 16.5. The van der Waals surface area contributed by atoms with Gasteiger partial charge in [0.2, 0.25) is 0 Å². The predicted molar refractivity (Wildman–Crippen MR) is 109 cm³/mol. The zero-order valence-corrected chi connectivity index (χ0v) is 16.8. The van der Waals surface area contributed by atoms with Crippen LogP contribution in [-0.2, 0) is 6.54 Å². The van der Waals surface area contributed by atoms with Gasteiger partial charge >= 0.3 is 6.01 Å². The molecule has 29 heavy (non-hydrogen) atoms. The van der Waals surface area contributed by atoms with Crippen LogP contribution in [0.15, 0.2) is 49.1 Å². The molecule has 4 rings (SSSR count). The molecule has 0 bridgehead atoms. The lowest BCUT2D eigenvalue weighted by atomic mass is 10.1. The third kappa shape index (κ3) is 4.80. The van der Waals surface area contributed by atoms with Crippen molar-refractivity contribution in [3.05, 3.63) is 71.6 Å². The van der Waals surface area contributed by atoms with Crippen LogP contribution < -0.4 is 4.74 Å². The summed E-state index contributed by atoms with van der Waals surface area (Å²) < 4.78 is 7.98. The van der Waals surface area contributed by atoms with Crippen molar-refractivity contribution in [1.29, 1.82) is 0 Å². The Labute approximate surface area is 170 Å². The molecular formula is C22H25N5O2. The zero-order valence-electron chi connectivity index (χ0n) is 16.8. The van der Waals surface area contributed by atoms with Crippen LogP contribution in [0.25, 0.3) is 0 Å². The van der Waals surface area contributed by atoms with E-state index in [9.17, 15) is 4.79 Å². The number of nitrogens with zero attached hydrogens (tertiary/aromatic N) is 5. The van der Waals surface area contributed by atoms with E-state index in [0.717, 1.165) is 42.9 Å². The Morgan fingerprint density at radius 1 is 1.17 bits per heavy atom. The average Bonchev–Trinajstić information content (AvgIpc) is 3.20. The molecule has 7 heteroatoms. The number of carbonyl (C=O) groups is 1. The second kappa shape index (κ2) is 8.43. The summed E-state index contributed by atoms with van der Waals surface area (Å²) in [7, 11) is 0. The van der Waals surface area contributed by atoms with Gasteiger partial charge in [-0.15, -0.1) is 0 Å². The van der Waals surface area contributed by atoms with Gasteiger partial charge in [-0.2, -0.15) is 0 Å².